The molecule has 1 amide bonds. The number of rotatable bonds is 4. The number of carbonyl (C=O) groups is 1. The van der Waals surface area contributed by atoms with Crippen molar-refractivity contribution < 1.29 is 4.79 Å². The maximum atomic E-state index is 11.8. The Labute approximate surface area is 95.4 Å². The van der Waals surface area contributed by atoms with Crippen LogP contribution in [0.15, 0.2) is 9.98 Å². The van der Waals surface area contributed by atoms with Gasteiger partial charge in [0.2, 0.25) is 11.9 Å². The van der Waals surface area contributed by atoms with E-state index in [0.717, 1.165) is 0 Å². The van der Waals surface area contributed by atoms with E-state index in [0.29, 0.717) is 13.1 Å². The second-order valence-corrected chi connectivity index (χ2v) is 3.21. The Morgan fingerprint density at radius 1 is 1.25 bits per heavy atom. The highest BCUT2D eigenvalue weighted by molar-refractivity contribution is 5.94. The second-order valence-electron chi connectivity index (χ2n) is 3.21. The van der Waals surface area contributed by atoms with Crippen molar-refractivity contribution in [1.82, 2.24) is 4.90 Å². The highest BCUT2D eigenvalue weighted by Gasteiger charge is 2.17. The Kier molecular flexibility index (Phi) is 5.91. The summed E-state index contributed by atoms with van der Waals surface area (Å²) in [6, 6.07) is -0.581. The smallest absolute Gasteiger partial charge is 0.247 e. The van der Waals surface area contributed by atoms with Gasteiger partial charge in [-0.2, -0.15) is 4.99 Å². The Bertz CT molecular complexity index is 290. The molecule has 0 radical (unpaired) electrons. The van der Waals surface area contributed by atoms with E-state index in [9.17, 15) is 4.79 Å². The summed E-state index contributed by atoms with van der Waals surface area (Å²) < 4.78 is 0. The van der Waals surface area contributed by atoms with E-state index in [2.05, 4.69) is 9.98 Å². The summed E-state index contributed by atoms with van der Waals surface area (Å²) in [6.45, 7) is 6.72. The lowest BCUT2D eigenvalue weighted by Gasteiger charge is -2.20. The van der Waals surface area contributed by atoms with Gasteiger partial charge in [0.1, 0.15) is 6.04 Å². The van der Waals surface area contributed by atoms with E-state index in [1.54, 1.807) is 11.8 Å². The van der Waals surface area contributed by atoms with Gasteiger partial charge in [-0.1, -0.05) is 0 Å². The molecule has 0 fully saturated rings. The van der Waals surface area contributed by atoms with Crippen molar-refractivity contribution in [3.63, 3.8) is 0 Å². The number of hydrogen-bond donors (Lipinski definition) is 3. The normalized spacial score (nSPS) is 13.1. The summed E-state index contributed by atoms with van der Waals surface area (Å²) in [5.74, 6) is -0.365. The van der Waals surface area contributed by atoms with E-state index in [1.165, 1.54) is 0 Å². The van der Waals surface area contributed by atoms with Crippen LogP contribution in [0.2, 0.25) is 0 Å². The van der Waals surface area contributed by atoms with Crippen LogP contribution in [0, 0.1) is 0 Å². The summed E-state index contributed by atoms with van der Waals surface area (Å²) in [7, 11) is 0. The monoisotopic (exact) mass is 228 g/mol. The van der Waals surface area contributed by atoms with Gasteiger partial charge >= 0.3 is 0 Å². The zero-order valence-electron chi connectivity index (χ0n) is 9.97. The standard InChI is InChI=1S/C9H20N6O/c1-4-15(5-2)7(16)6(3)13-9(12)14-8(10)11/h6H,4-5H2,1-3H3,(H6,10,11,12,13,14). The molecule has 92 valence electrons. The Morgan fingerprint density at radius 3 is 2.12 bits per heavy atom. The maximum absolute atomic E-state index is 11.8. The van der Waals surface area contributed by atoms with Crippen molar-refractivity contribution in [3.8, 4) is 0 Å². The Morgan fingerprint density at radius 2 is 1.75 bits per heavy atom. The van der Waals surface area contributed by atoms with Gasteiger partial charge < -0.3 is 22.1 Å². The summed E-state index contributed by atoms with van der Waals surface area (Å²) >= 11 is 0. The summed E-state index contributed by atoms with van der Waals surface area (Å²) in [5, 5.41) is 0. The molecule has 0 rings (SSSR count). The van der Waals surface area contributed by atoms with Crippen molar-refractivity contribution in [1.29, 1.82) is 0 Å². The summed E-state index contributed by atoms with van der Waals surface area (Å²) in [5.41, 5.74) is 15.7. The highest BCUT2D eigenvalue weighted by Crippen LogP contribution is 1.98. The molecule has 0 saturated heterocycles. The van der Waals surface area contributed by atoms with E-state index in [1.807, 2.05) is 13.8 Å². The van der Waals surface area contributed by atoms with Crippen LogP contribution in [0.4, 0.5) is 0 Å². The van der Waals surface area contributed by atoms with Crippen LogP contribution in [-0.4, -0.2) is 41.9 Å². The minimum Gasteiger partial charge on any atom is -0.370 e. The van der Waals surface area contributed by atoms with Gasteiger partial charge in [-0.05, 0) is 20.8 Å². The molecule has 0 aliphatic heterocycles. The van der Waals surface area contributed by atoms with Crippen LogP contribution < -0.4 is 17.2 Å². The topological polar surface area (TPSA) is 123 Å². The number of carbonyl (C=O) groups excluding carboxylic acids is 1. The zero-order valence-corrected chi connectivity index (χ0v) is 9.97. The molecule has 0 aromatic carbocycles. The molecular weight excluding hydrogens is 208 g/mol. The molecule has 0 spiro atoms. The van der Waals surface area contributed by atoms with Gasteiger partial charge in [0.15, 0.2) is 5.96 Å². The van der Waals surface area contributed by atoms with Crippen molar-refractivity contribution in [2.45, 2.75) is 26.8 Å². The van der Waals surface area contributed by atoms with Gasteiger partial charge in [-0.25, -0.2) is 4.99 Å². The molecule has 0 aromatic heterocycles. The van der Waals surface area contributed by atoms with Crippen molar-refractivity contribution in [2.24, 2.45) is 27.2 Å². The molecule has 0 saturated carbocycles. The van der Waals surface area contributed by atoms with Crippen molar-refractivity contribution in [3.05, 3.63) is 0 Å². The quantitative estimate of drug-likeness (QED) is 0.414. The number of nitrogens with two attached hydrogens (primary N) is 3. The third kappa shape index (κ3) is 4.63. The largest absolute Gasteiger partial charge is 0.370 e. The molecule has 0 aromatic rings. The Balaban J connectivity index is 4.62. The third-order valence-electron chi connectivity index (χ3n) is 2.00. The van der Waals surface area contributed by atoms with Crippen LogP contribution in [0.1, 0.15) is 20.8 Å². The highest BCUT2D eigenvalue weighted by atomic mass is 16.2. The van der Waals surface area contributed by atoms with E-state index in [-0.39, 0.29) is 17.8 Å². The van der Waals surface area contributed by atoms with Crippen molar-refractivity contribution in [2.75, 3.05) is 13.1 Å². The van der Waals surface area contributed by atoms with E-state index >= 15 is 0 Å². The van der Waals surface area contributed by atoms with Gasteiger partial charge in [-0.15, -0.1) is 0 Å². The molecule has 0 heterocycles. The molecule has 1 atom stereocenters. The predicted octanol–water partition coefficient (Wildman–Crippen LogP) is -1.17. The van der Waals surface area contributed by atoms with Gasteiger partial charge in [0.25, 0.3) is 0 Å². The fourth-order valence-corrected chi connectivity index (χ4v) is 1.21. The molecule has 7 heteroatoms. The lowest BCUT2D eigenvalue weighted by molar-refractivity contribution is -0.131. The first-order chi connectivity index (χ1) is 7.42. The number of nitrogens with zero attached hydrogens (tertiary/aromatic N) is 3. The molecule has 7 nitrogen and oxygen atoms in total. The van der Waals surface area contributed by atoms with Crippen LogP contribution in [0.25, 0.3) is 0 Å². The number of hydrogen-bond acceptors (Lipinski definition) is 2. The first kappa shape index (κ1) is 14.2. The number of aliphatic imine (C=N–C) groups is 2. The van der Waals surface area contributed by atoms with Crippen LogP contribution in [0.5, 0.6) is 0 Å². The number of likely N-dealkylation sites (N-methyl/N-ethyl adjacent to an activating group) is 1. The third-order valence-corrected chi connectivity index (χ3v) is 2.00. The lowest BCUT2D eigenvalue weighted by atomic mass is 10.3. The maximum Gasteiger partial charge on any atom is 0.247 e. The van der Waals surface area contributed by atoms with E-state index < -0.39 is 6.04 Å². The van der Waals surface area contributed by atoms with Crippen LogP contribution >= 0.6 is 0 Å². The Hall–Kier alpha value is -1.79. The predicted molar refractivity (Wildman–Crippen MR) is 64.8 cm³/mol. The van der Waals surface area contributed by atoms with E-state index in [4.69, 9.17) is 17.2 Å². The van der Waals surface area contributed by atoms with Gasteiger partial charge in [0.05, 0.1) is 0 Å². The van der Waals surface area contributed by atoms with Gasteiger partial charge in [0, 0.05) is 13.1 Å². The second kappa shape index (κ2) is 6.65. The molecule has 16 heavy (non-hydrogen) atoms. The first-order valence-electron chi connectivity index (χ1n) is 5.14. The molecule has 0 bridgehead atoms. The number of guanidine groups is 2. The molecule has 6 N–H and O–H groups in total. The number of amides is 1. The van der Waals surface area contributed by atoms with Gasteiger partial charge in [-0.3, -0.25) is 4.79 Å². The summed E-state index contributed by atoms with van der Waals surface area (Å²) in [4.78, 5) is 20.9. The molecule has 0 aliphatic carbocycles. The SMILES string of the molecule is CCN(CC)C(=O)C(C)N=C(N)N=C(N)N. The fraction of sp³-hybridized carbons (Fsp3) is 0.667. The zero-order chi connectivity index (χ0) is 12.7. The van der Waals surface area contributed by atoms with Crippen LogP contribution in [-0.2, 0) is 4.79 Å². The fourth-order valence-electron chi connectivity index (χ4n) is 1.21. The van der Waals surface area contributed by atoms with Crippen LogP contribution in [0.3, 0.4) is 0 Å². The molecule has 1 unspecified atom stereocenters. The average Bonchev–Trinajstić information content (AvgIpc) is 2.17. The summed E-state index contributed by atoms with van der Waals surface area (Å²) in [6.07, 6.45) is 0. The molecular formula is C9H20N6O. The average molecular weight is 228 g/mol. The minimum absolute atomic E-state index is 0.0898. The minimum atomic E-state index is -0.581. The first-order valence-corrected chi connectivity index (χ1v) is 5.14. The molecule has 0 aliphatic rings. The van der Waals surface area contributed by atoms with Crippen molar-refractivity contribution >= 4 is 17.8 Å². The lowest BCUT2D eigenvalue weighted by Crippen LogP contribution is -2.37.